The van der Waals surface area contributed by atoms with E-state index in [9.17, 15) is 14.4 Å². The number of carbonyl (C=O) groups is 3. The Hall–Kier alpha value is -3.07. The molecule has 2 N–H and O–H groups in total. The van der Waals surface area contributed by atoms with Gasteiger partial charge in [0.2, 0.25) is 17.7 Å². The van der Waals surface area contributed by atoms with Gasteiger partial charge >= 0.3 is 0 Å². The number of amides is 3. The number of rotatable bonds is 4. The molecule has 3 aliphatic heterocycles. The fourth-order valence-electron chi connectivity index (χ4n) is 6.59. The van der Waals surface area contributed by atoms with E-state index in [2.05, 4.69) is 26.6 Å². The maximum Gasteiger partial charge on any atom is 0.238 e. The number of piperidine rings is 2. The molecular formula is C31H28BrCl2N3O4. The third-order valence-corrected chi connectivity index (χ3v) is 9.43. The number of ether oxygens (including phenoxy) is 1. The van der Waals surface area contributed by atoms with Crippen LogP contribution in [0, 0.1) is 0 Å². The Balaban J connectivity index is 1.50. The molecule has 3 aliphatic rings. The highest BCUT2D eigenvalue weighted by atomic mass is 79.9. The molecule has 0 aromatic heterocycles. The topological polar surface area (TPSA) is 87.7 Å². The van der Waals surface area contributed by atoms with Gasteiger partial charge in [-0.1, -0.05) is 57.3 Å². The van der Waals surface area contributed by atoms with Gasteiger partial charge in [0.25, 0.3) is 0 Å². The van der Waals surface area contributed by atoms with Crippen molar-refractivity contribution in [3.8, 4) is 5.75 Å². The summed E-state index contributed by atoms with van der Waals surface area (Å²) in [6, 6.07) is 17.6. The quantitative estimate of drug-likeness (QED) is 0.341. The lowest BCUT2D eigenvalue weighted by Gasteiger charge is -2.47. The van der Waals surface area contributed by atoms with Crippen molar-refractivity contribution in [3.63, 3.8) is 0 Å². The predicted octanol–water partition coefficient (Wildman–Crippen LogP) is 6.38. The summed E-state index contributed by atoms with van der Waals surface area (Å²) in [5.74, 6) is -0.293. The lowest BCUT2D eigenvalue weighted by atomic mass is 9.59. The van der Waals surface area contributed by atoms with Gasteiger partial charge in [-0.3, -0.25) is 14.4 Å². The summed E-state index contributed by atoms with van der Waals surface area (Å²) in [6.07, 6.45) is 1.35. The summed E-state index contributed by atoms with van der Waals surface area (Å²) in [5.41, 5.74) is 1.64. The number of halogens is 3. The van der Waals surface area contributed by atoms with Gasteiger partial charge in [-0.25, -0.2) is 0 Å². The Morgan fingerprint density at radius 3 is 2.51 bits per heavy atom. The molecule has 0 saturated carbocycles. The number of hydrogen-bond acceptors (Lipinski definition) is 4. The molecule has 2 saturated heterocycles. The van der Waals surface area contributed by atoms with E-state index >= 15 is 0 Å². The second-order valence-corrected chi connectivity index (χ2v) is 12.6. The lowest BCUT2D eigenvalue weighted by molar-refractivity contribution is -0.132. The van der Waals surface area contributed by atoms with E-state index in [4.69, 9.17) is 27.9 Å². The molecule has 41 heavy (non-hydrogen) atoms. The fraction of sp³-hybridized carbons (Fsp3) is 0.323. The Morgan fingerprint density at radius 2 is 1.78 bits per heavy atom. The van der Waals surface area contributed by atoms with Crippen molar-refractivity contribution in [2.24, 2.45) is 0 Å². The number of nitrogens with zero attached hydrogens (tertiary/aromatic N) is 1. The molecule has 212 valence electrons. The molecule has 0 bridgehead atoms. The standard InChI is InChI=1S/C31H28BrCl2N3O4/c1-17(38)37-11-9-22(10-12-37)41-27-8-5-19(32)14-23(27)29-31(24-7-6-21(34)15-26(24)35-30(31)40)25(16-28(39)36-29)18-3-2-4-20(33)13-18/h2-8,13-15,22,25,29H,9-12,16H2,1H3,(H,35,40)(H,36,39)/t25-,29+,31?/m0/s1. The Bertz CT molecular complexity index is 1560. The van der Waals surface area contributed by atoms with Crippen LogP contribution in [0.2, 0.25) is 10.0 Å². The molecule has 6 rings (SSSR count). The highest BCUT2D eigenvalue weighted by molar-refractivity contribution is 9.10. The van der Waals surface area contributed by atoms with Crippen molar-refractivity contribution in [1.29, 1.82) is 0 Å². The summed E-state index contributed by atoms with van der Waals surface area (Å²) in [6.45, 7) is 2.81. The molecule has 3 heterocycles. The largest absolute Gasteiger partial charge is 0.490 e. The lowest BCUT2D eigenvalue weighted by Crippen LogP contribution is -2.57. The van der Waals surface area contributed by atoms with E-state index in [1.807, 2.05) is 47.4 Å². The minimum atomic E-state index is -1.21. The first-order valence-electron chi connectivity index (χ1n) is 13.5. The molecule has 7 nitrogen and oxygen atoms in total. The maximum atomic E-state index is 14.3. The predicted molar refractivity (Wildman–Crippen MR) is 161 cm³/mol. The Kier molecular flexibility index (Phi) is 7.51. The molecule has 0 radical (unpaired) electrons. The van der Waals surface area contributed by atoms with E-state index in [0.29, 0.717) is 53.0 Å². The average Bonchev–Trinajstić information content (AvgIpc) is 3.22. The molecule has 0 aliphatic carbocycles. The second-order valence-electron chi connectivity index (χ2n) is 10.8. The highest BCUT2D eigenvalue weighted by Crippen LogP contribution is 2.58. The number of fused-ring (bicyclic) bond motifs is 2. The van der Waals surface area contributed by atoms with E-state index in [1.54, 1.807) is 25.1 Å². The van der Waals surface area contributed by atoms with Gasteiger partial charge in [0.1, 0.15) is 17.3 Å². The molecule has 3 aromatic carbocycles. The minimum absolute atomic E-state index is 0.0534. The molecular weight excluding hydrogens is 629 g/mol. The van der Waals surface area contributed by atoms with Gasteiger partial charge in [0.15, 0.2) is 0 Å². The summed E-state index contributed by atoms with van der Waals surface area (Å²) in [5, 5.41) is 7.26. The summed E-state index contributed by atoms with van der Waals surface area (Å²) >= 11 is 16.4. The van der Waals surface area contributed by atoms with Gasteiger partial charge in [0, 0.05) is 71.0 Å². The maximum absolute atomic E-state index is 14.3. The summed E-state index contributed by atoms with van der Waals surface area (Å²) in [7, 11) is 0. The first-order valence-corrected chi connectivity index (χ1v) is 15.1. The van der Waals surface area contributed by atoms with Crippen LogP contribution in [0.1, 0.15) is 54.8 Å². The third-order valence-electron chi connectivity index (χ3n) is 8.47. The van der Waals surface area contributed by atoms with Crippen LogP contribution in [-0.2, 0) is 19.8 Å². The Labute approximate surface area is 256 Å². The van der Waals surface area contributed by atoms with E-state index < -0.39 is 17.4 Å². The first-order chi connectivity index (χ1) is 19.7. The smallest absolute Gasteiger partial charge is 0.238 e. The molecule has 2 fully saturated rings. The van der Waals surface area contributed by atoms with Gasteiger partial charge in [0.05, 0.1) is 6.04 Å². The third kappa shape index (κ3) is 5.00. The number of hydrogen-bond donors (Lipinski definition) is 2. The fourth-order valence-corrected chi connectivity index (χ4v) is 7.34. The number of carbonyl (C=O) groups excluding carboxylic acids is 3. The highest BCUT2D eigenvalue weighted by Gasteiger charge is 2.61. The number of benzene rings is 3. The zero-order chi connectivity index (χ0) is 28.9. The van der Waals surface area contributed by atoms with E-state index in [-0.39, 0.29) is 30.2 Å². The van der Waals surface area contributed by atoms with Crippen molar-refractivity contribution in [3.05, 3.63) is 91.9 Å². The van der Waals surface area contributed by atoms with Crippen molar-refractivity contribution < 1.29 is 19.1 Å². The SMILES string of the molecule is CC(=O)N1CCC(Oc2ccc(Br)cc2[C@H]2NC(=O)C[C@@H](c3cccc(Cl)c3)C23C(=O)Nc2cc(Cl)ccc23)CC1. The average molecular weight is 657 g/mol. The van der Waals surface area contributed by atoms with Crippen molar-refractivity contribution in [1.82, 2.24) is 10.2 Å². The second kappa shape index (κ2) is 11.0. The van der Waals surface area contributed by atoms with Crippen LogP contribution in [-0.4, -0.2) is 41.8 Å². The molecule has 3 amide bonds. The minimum Gasteiger partial charge on any atom is -0.490 e. The van der Waals surface area contributed by atoms with Crippen LogP contribution in [0.4, 0.5) is 5.69 Å². The summed E-state index contributed by atoms with van der Waals surface area (Å²) < 4.78 is 7.37. The number of likely N-dealkylation sites (tertiary alicyclic amines) is 1. The van der Waals surface area contributed by atoms with Crippen LogP contribution in [0.25, 0.3) is 0 Å². The molecule has 1 spiro atoms. The zero-order valence-corrected chi connectivity index (χ0v) is 25.4. The van der Waals surface area contributed by atoms with Gasteiger partial charge < -0.3 is 20.3 Å². The van der Waals surface area contributed by atoms with Gasteiger partial charge in [-0.05, 0) is 53.6 Å². The van der Waals surface area contributed by atoms with E-state index in [0.717, 1.165) is 15.6 Å². The number of nitrogens with one attached hydrogen (secondary N) is 2. The normalized spacial score (nSPS) is 24.1. The molecule has 3 atom stereocenters. The molecule has 10 heteroatoms. The van der Waals surface area contributed by atoms with Crippen molar-refractivity contribution in [2.75, 3.05) is 18.4 Å². The van der Waals surface area contributed by atoms with Crippen LogP contribution in [0.3, 0.4) is 0 Å². The van der Waals surface area contributed by atoms with Crippen molar-refractivity contribution in [2.45, 2.75) is 49.7 Å². The summed E-state index contributed by atoms with van der Waals surface area (Å²) in [4.78, 5) is 41.4. The van der Waals surface area contributed by atoms with Gasteiger partial charge in [-0.15, -0.1) is 0 Å². The van der Waals surface area contributed by atoms with Crippen LogP contribution in [0.15, 0.2) is 65.1 Å². The monoisotopic (exact) mass is 655 g/mol. The van der Waals surface area contributed by atoms with Crippen LogP contribution in [0.5, 0.6) is 5.75 Å². The van der Waals surface area contributed by atoms with Gasteiger partial charge in [-0.2, -0.15) is 0 Å². The first kappa shape index (κ1) is 28.1. The number of anilines is 1. The Morgan fingerprint density at radius 1 is 1.02 bits per heavy atom. The molecule has 3 aromatic rings. The zero-order valence-electron chi connectivity index (χ0n) is 22.3. The van der Waals surface area contributed by atoms with Crippen molar-refractivity contribution >= 4 is 62.5 Å². The van der Waals surface area contributed by atoms with E-state index in [1.165, 1.54) is 0 Å². The van der Waals surface area contributed by atoms with Crippen LogP contribution >= 0.6 is 39.1 Å². The van der Waals surface area contributed by atoms with Crippen LogP contribution < -0.4 is 15.4 Å². The molecule has 1 unspecified atom stereocenters.